The number of benzene rings is 3. The Morgan fingerprint density at radius 3 is 2.27 bits per heavy atom. The predicted octanol–water partition coefficient (Wildman–Crippen LogP) is 3.56. The van der Waals surface area contributed by atoms with E-state index in [9.17, 15) is 23.3 Å². The fraction of sp³-hybridized carbons (Fsp3) is 0.130. The fourth-order valence-corrected chi connectivity index (χ4v) is 4.66. The first-order valence-electron chi connectivity index (χ1n) is 9.90. The molecule has 170 valence electrons. The molecular weight excluding hydrogens is 444 g/mol. The molecule has 0 aromatic heterocycles. The van der Waals surface area contributed by atoms with E-state index in [1.807, 2.05) is 19.9 Å². The van der Waals surface area contributed by atoms with Gasteiger partial charge in [-0.25, -0.2) is 13.8 Å². The van der Waals surface area contributed by atoms with E-state index in [1.165, 1.54) is 30.3 Å². The summed E-state index contributed by atoms with van der Waals surface area (Å²) in [6.45, 7) is 3.14. The molecule has 0 atom stereocenters. The molecule has 10 heteroatoms. The zero-order valence-electron chi connectivity index (χ0n) is 18.0. The number of nitrogens with zero attached hydrogens (tertiary/aromatic N) is 3. The Morgan fingerprint density at radius 2 is 1.64 bits per heavy atom. The minimum absolute atomic E-state index is 0.0420. The van der Waals surface area contributed by atoms with Gasteiger partial charge in [-0.1, -0.05) is 36.4 Å². The number of carbonyl (C=O) groups is 1. The van der Waals surface area contributed by atoms with Crippen LogP contribution < -0.4 is 9.73 Å². The van der Waals surface area contributed by atoms with Gasteiger partial charge < -0.3 is 0 Å². The maximum atomic E-state index is 13.3. The van der Waals surface area contributed by atoms with Crippen molar-refractivity contribution < 1.29 is 18.1 Å². The lowest BCUT2D eigenvalue weighted by molar-refractivity contribution is -0.385. The van der Waals surface area contributed by atoms with Gasteiger partial charge in [0.15, 0.2) is 0 Å². The third kappa shape index (κ3) is 5.80. The third-order valence-corrected chi connectivity index (χ3v) is 6.43. The second kappa shape index (κ2) is 10.0. The molecule has 1 N–H and O–H groups in total. The van der Waals surface area contributed by atoms with Gasteiger partial charge in [-0.05, 0) is 55.3 Å². The molecular formula is C23H22N4O5S. The van der Waals surface area contributed by atoms with Crippen LogP contribution in [0.25, 0.3) is 0 Å². The summed E-state index contributed by atoms with van der Waals surface area (Å²) in [5, 5.41) is 14.9. The average Bonchev–Trinajstić information content (AvgIpc) is 2.77. The van der Waals surface area contributed by atoms with Gasteiger partial charge in [0.1, 0.15) is 6.54 Å². The number of amides is 1. The highest BCUT2D eigenvalue weighted by molar-refractivity contribution is 7.92. The second-order valence-electron chi connectivity index (χ2n) is 7.28. The molecule has 0 spiro atoms. The minimum Gasteiger partial charge on any atom is -0.271 e. The Balaban J connectivity index is 1.88. The van der Waals surface area contributed by atoms with Crippen LogP contribution in [0.4, 0.5) is 11.4 Å². The number of carbonyl (C=O) groups excluding carboxylic acids is 1. The number of anilines is 1. The van der Waals surface area contributed by atoms with Crippen LogP contribution in [0.1, 0.15) is 16.7 Å². The SMILES string of the molecule is Cc1cc(C)cc(N(CC(=O)N/N=C\c2ccccc2[N+](=O)[O-])S(=O)(=O)c2ccccc2)c1. The monoisotopic (exact) mass is 466 g/mol. The summed E-state index contributed by atoms with van der Waals surface area (Å²) in [6.07, 6.45) is 1.14. The summed E-state index contributed by atoms with van der Waals surface area (Å²) in [5.74, 6) is -0.705. The molecule has 0 aliphatic heterocycles. The molecule has 0 heterocycles. The van der Waals surface area contributed by atoms with Crippen LogP contribution in [0.2, 0.25) is 0 Å². The highest BCUT2D eigenvalue weighted by atomic mass is 32.2. The quantitative estimate of drug-likeness (QED) is 0.309. The number of hydrogen-bond acceptors (Lipinski definition) is 6. The number of nitro benzene ring substituents is 1. The van der Waals surface area contributed by atoms with Gasteiger partial charge in [-0.2, -0.15) is 5.10 Å². The molecule has 33 heavy (non-hydrogen) atoms. The van der Waals surface area contributed by atoms with Crippen molar-refractivity contribution >= 4 is 33.5 Å². The lowest BCUT2D eigenvalue weighted by Crippen LogP contribution is -2.39. The smallest absolute Gasteiger partial charge is 0.271 e. The summed E-state index contributed by atoms with van der Waals surface area (Å²) in [7, 11) is -4.05. The van der Waals surface area contributed by atoms with E-state index in [1.54, 1.807) is 36.4 Å². The lowest BCUT2D eigenvalue weighted by Gasteiger charge is -2.24. The zero-order valence-corrected chi connectivity index (χ0v) is 18.8. The fourth-order valence-electron chi connectivity index (χ4n) is 3.23. The largest absolute Gasteiger partial charge is 0.278 e. The van der Waals surface area contributed by atoms with Gasteiger partial charge in [0.2, 0.25) is 0 Å². The predicted molar refractivity (Wildman–Crippen MR) is 126 cm³/mol. The second-order valence-corrected chi connectivity index (χ2v) is 9.14. The molecule has 0 radical (unpaired) electrons. The summed E-state index contributed by atoms with van der Waals surface area (Å²) in [4.78, 5) is 23.2. The van der Waals surface area contributed by atoms with Crippen LogP contribution in [0.5, 0.6) is 0 Å². The number of rotatable bonds is 8. The Hall–Kier alpha value is -4.05. The average molecular weight is 467 g/mol. The molecule has 0 saturated heterocycles. The first-order chi connectivity index (χ1) is 15.7. The minimum atomic E-state index is -4.05. The van der Waals surface area contributed by atoms with Crippen molar-refractivity contribution in [1.29, 1.82) is 0 Å². The number of hydrogen-bond donors (Lipinski definition) is 1. The topological polar surface area (TPSA) is 122 Å². The molecule has 3 rings (SSSR count). The summed E-state index contributed by atoms with van der Waals surface area (Å²) in [5.41, 5.74) is 4.31. The van der Waals surface area contributed by atoms with Crippen LogP contribution >= 0.6 is 0 Å². The van der Waals surface area contributed by atoms with Crippen LogP contribution in [0.15, 0.2) is 82.8 Å². The summed E-state index contributed by atoms with van der Waals surface area (Å²) >= 11 is 0. The van der Waals surface area contributed by atoms with E-state index in [0.717, 1.165) is 21.6 Å². The molecule has 9 nitrogen and oxygen atoms in total. The number of nitrogens with one attached hydrogen (secondary N) is 1. The molecule has 0 aliphatic carbocycles. The number of aryl methyl sites for hydroxylation is 2. The molecule has 0 bridgehead atoms. The van der Waals surface area contributed by atoms with Gasteiger partial charge in [0.25, 0.3) is 21.6 Å². The van der Waals surface area contributed by atoms with E-state index >= 15 is 0 Å². The number of sulfonamides is 1. The van der Waals surface area contributed by atoms with E-state index in [4.69, 9.17) is 0 Å². The van der Waals surface area contributed by atoms with E-state index < -0.39 is 27.4 Å². The van der Waals surface area contributed by atoms with Gasteiger partial charge in [-0.3, -0.25) is 19.2 Å². The van der Waals surface area contributed by atoms with Crippen molar-refractivity contribution in [1.82, 2.24) is 5.43 Å². The molecule has 3 aromatic rings. The Kier molecular flexibility index (Phi) is 7.19. The first-order valence-corrected chi connectivity index (χ1v) is 11.3. The van der Waals surface area contributed by atoms with Crippen molar-refractivity contribution in [3.8, 4) is 0 Å². The maximum Gasteiger partial charge on any atom is 0.278 e. The van der Waals surface area contributed by atoms with Gasteiger partial charge in [0.05, 0.1) is 27.3 Å². The zero-order chi connectivity index (χ0) is 24.0. The van der Waals surface area contributed by atoms with Crippen LogP contribution in [-0.2, 0) is 14.8 Å². The van der Waals surface area contributed by atoms with Crippen molar-refractivity contribution in [2.24, 2.45) is 5.10 Å². The summed E-state index contributed by atoms with van der Waals surface area (Å²) < 4.78 is 27.7. The Morgan fingerprint density at radius 1 is 1.03 bits per heavy atom. The Labute approximate surface area is 191 Å². The highest BCUT2D eigenvalue weighted by Crippen LogP contribution is 2.25. The molecule has 1 amide bonds. The van der Waals surface area contributed by atoms with Crippen LogP contribution in [-0.4, -0.2) is 32.0 Å². The first kappa shape index (κ1) is 23.6. The molecule has 0 aliphatic rings. The van der Waals surface area contributed by atoms with Crippen molar-refractivity contribution in [3.05, 3.63) is 99.6 Å². The standard InChI is InChI=1S/C23H22N4O5S/c1-17-12-18(2)14-20(13-17)26(33(31,32)21-9-4-3-5-10-21)16-23(28)25-24-15-19-8-6-7-11-22(19)27(29)30/h3-15H,16H2,1-2H3,(H,25,28)/b24-15-. The summed E-state index contributed by atoms with van der Waals surface area (Å²) in [6, 6.07) is 19.0. The molecule has 0 saturated carbocycles. The van der Waals surface area contributed by atoms with Gasteiger partial charge in [0, 0.05) is 6.07 Å². The number of hydrazone groups is 1. The van der Waals surface area contributed by atoms with Gasteiger partial charge >= 0.3 is 0 Å². The normalized spacial score (nSPS) is 11.3. The lowest BCUT2D eigenvalue weighted by atomic mass is 10.1. The van der Waals surface area contributed by atoms with Crippen LogP contribution in [0, 0.1) is 24.0 Å². The number of para-hydroxylation sites is 1. The van der Waals surface area contributed by atoms with E-state index in [0.29, 0.717) is 5.69 Å². The van der Waals surface area contributed by atoms with Crippen molar-refractivity contribution in [2.75, 3.05) is 10.8 Å². The highest BCUT2D eigenvalue weighted by Gasteiger charge is 2.27. The van der Waals surface area contributed by atoms with E-state index in [-0.39, 0.29) is 16.1 Å². The maximum absolute atomic E-state index is 13.3. The molecule has 0 fully saturated rings. The van der Waals surface area contributed by atoms with Crippen molar-refractivity contribution in [3.63, 3.8) is 0 Å². The Bertz CT molecular complexity index is 1290. The van der Waals surface area contributed by atoms with Gasteiger partial charge in [-0.15, -0.1) is 0 Å². The van der Waals surface area contributed by atoms with E-state index in [2.05, 4.69) is 10.5 Å². The third-order valence-electron chi connectivity index (χ3n) is 4.64. The molecule has 0 unspecified atom stereocenters. The van der Waals surface area contributed by atoms with Crippen LogP contribution in [0.3, 0.4) is 0 Å². The van der Waals surface area contributed by atoms with Crippen molar-refractivity contribution in [2.45, 2.75) is 18.7 Å². The number of nitro groups is 1. The molecule has 3 aromatic carbocycles.